The number of sulfonamides is 1. The highest BCUT2D eigenvalue weighted by atomic mass is 32.2. The lowest BCUT2D eigenvalue weighted by atomic mass is 10.0. The number of ether oxygens (including phenoxy) is 1. The Balaban J connectivity index is 1.72. The normalized spacial score (nSPS) is 16.3. The molecule has 0 aromatic heterocycles. The Kier molecular flexibility index (Phi) is 8.31. The zero-order chi connectivity index (χ0) is 22.3. The average molecular weight is 447 g/mol. The first-order valence-electron chi connectivity index (χ1n) is 10.7. The maximum Gasteiger partial charge on any atom is 0.213 e. The van der Waals surface area contributed by atoms with Gasteiger partial charge >= 0.3 is 0 Å². The lowest BCUT2D eigenvalue weighted by Crippen LogP contribution is -2.50. The van der Waals surface area contributed by atoms with Crippen LogP contribution in [0.25, 0.3) is 0 Å². The molecule has 1 aliphatic heterocycles. The van der Waals surface area contributed by atoms with Crippen molar-refractivity contribution in [3.63, 3.8) is 0 Å². The van der Waals surface area contributed by atoms with Gasteiger partial charge in [-0.1, -0.05) is 30.3 Å². The van der Waals surface area contributed by atoms with Crippen LogP contribution in [0.2, 0.25) is 0 Å². The molecule has 8 heteroatoms. The summed E-state index contributed by atoms with van der Waals surface area (Å²) >= 11 is 0. The number of nitrogens with one attached hydrogen (secondary N) is 1. The van der Waals surface area contributed by atoms with Crippen LogP contribution in [0.5, 0.6) is 0 Å². The fourth-order valence-corrected chi connectivity index (χ4v) is 4.80. The molecule has 31 heavy (non-hydrogen) atoms. The molecule has 3 rings (SSSR count). The van der Waals surface area contributed by atoms with E-state index in [2.05, 4.69) is 68.0 Å². The van der Waals surface area contributed by atoms with E-state index in [0.717, 1.165) is 37.4 Å². The summed E-state index contributed by atoms with van der Waals surface area (Å²) < 4.78 is 32.5. The maximum absolute atomic E-state index is 12.4. The Morgan fingerprint density at radius 1 is 1.00 bits per heavy atom. The third-order valence-corrected chi connectivity index (χ3v) is 7.03. The topological polar surface area (TPSA) is 65.1 Å². The zero-order valence-corrected chi connectivity index (χ0v) is 19.5. The Morgan fingerprint density at radius 2 is 1.65 bits per heavy atom. The van der Waals surface area contributed by atoms with Crippen molar-refractivity contribution in [2.45, 2.75) is 6.04 Å². The summed E-state index contributed by atoms with van der Waals surface area (Å²) in [6.07, 6.45) is 0. The highest BCUT2D eigenvalue weighted by Crippen LogP contribution is 2.26. The smallest absolute Gasteiger partial charge is 0.213 e. The van der Waals surface area contributed by atoms with Gasteiger partial charge < -0.3 is 14.5 Å². The van der Waals surface area contributed by atoms with Crippen LogP contribution < -0.4 is 14.5 Å². The fourth-order valence-electron chi connectivity index (χ4n) is 3.85. The van der Waals surface area contributed by atoms with Crippen molar-refractivity contribution in [3.8, 4) is 0 Å². The van der Waals surface area contributed by atoms with Crippen LogP contribution in [0.1, 0.15) is 11.6 Å². The largest absolute Gasteiger partial charge is 0.384 e. The Hall–Kier alpha value is -2.13. The molecular weight excluding hydrogens is 412 g/mol. The van der Waals surface area contributed by atoms with Crippen LogP contribution >= 0.6 is 0 Å². The fraction of sp³-hybridized carbons (Fsp3) is 0.478. The van der Waals surface area contributed by atoms with E-state index in [1.807, 2.05) is 20.2 Å². The SMILES string of the molecule is COCCS(=O)(=O)NCC(c1ccc(N(C)C)cc1)N1CCN(c2ccccc2)CC1. The van der Waals surface area contributed by atoms with Gasteiger partial charge in [0.2, 0.25) is 10.0 Å². The predicted molar refractivity (Wildman–Crippen MR) is 127 cm³/mol. The van der Waals surface area contributed by atoms with Crippen LogP contribution in [-0.2, 0) is 14.8 Å². The lowest BCUT2D eigenvalue weighted by Gasteiger charge is -2.40. The molecule has 0 saturated carbocycles. The second-order valence-corrected chi connectivity index (χ2v) is 9.95. The van der Waals surface area contributed by atoms with Gasteiger partial charge in [0.25, 0.3) is 0 Å². The van der Waals surface area contributed by atoms with Gasteiger partial charge in [0.1, 0.15) is 0 Å². The molecule has 1 fully saturated rings. The summed E-state index contributed by atoms with van der Waals surface area (Å²) in [5.41, 5.74) is 3.47. The molecule has 7 nitrogen and oxygen atoms in total. The molecule has 1 N–H and O–H groups in total. The van der Waals surface area contributed by atoms with E-state index in [1.165, 1.54) is 12.8 Å². The monoisotopic (exact) mass is 446 g/mol. The molecule has 1 atom stereocenters. The maximum atomic E-state index is 12.4. The highest BCUT2D eigenvalue weighted by Gasteiger charge is 2.26. The zero-order valence-electron chi connectivity index (χ0n) is 18.7. The third kappa shape index (κ3) is 6.67. The van der Waals surface area contributed by atoms with Gasteiger partial charge in [-0.3, -0.25) is 4.90 Å². The second-order valence-electron chi connectivity index (χ2n) is 8.02. The number of para-hydroxylation sites is 1. The minimum absolute atomic E-state index is 0.0218. The third-order valence-electron chi connectivity index (χ3n) is 5.72. The van der Waals surface area contributed by atoms with Gasteiger partial charge in [-0.15, -0.1) is 0 Å². The average Bonchev–Trinajstić information content (AvgIpc) is 2.79. The highest BCUT2D eigenvalue weighted by molar-refractivity contribution is 7.89. The van der Waals surface area contributed by atoms with E-state index in [1.54, 1.807) is 0 Å². The van der Waals surface area contributed by atoms with Crippen molar-refractivity contribution < 1.29 is 13.2 Å². The predicted octanol–water partition coefficient (Wildman–Crippen LogP) is 2.18. The van der Waals surface area contributed by atoms with Crippen molar-refractivity contribution in [1.29, 1.82) is 0 Å². The molecular formula is C23H34N4O3S. The van der Waals surface area contributed by atoms with Crippen molar-refractivity contribution >= 4 is 21.4 Å². The van der Waals surface area contributed by atoms with Crippen molar-refractivity contribution in [3.05, 3.63) is 60.2 Å². The molecule has 1 saturated heterocycles. The van der Waals surface area contributed by atoms with E-state index in [0.29, 0.717) is 6.54 Å². The van der Waals surface area contributed by atoms with Crippen LogP contribution in [0, 0.1) is 0 Å². The van der Waals surface area contributed by atoms with Crippen LogP contribution in [0.15, 0.2) is 54.6 Å². The molecule has 0 spiro atoms. The number of hydrogen-bond donors (Lipinski definition) is 1. The molecule has 0 bridgehead atoms. The lowest BCUT2D eigenvalue weighted by molar-refractivity contribution is 0.186. The number of rotatable bonds is 10. The second kappa shape index (κ2) is 10.9. The molecule has 0 radical (unpaired) electrons. The first kappa shape index (κ1) is 23.5. The molecule has 1 unspecified atom stereocenters. The number of anilines is 2. The van der Waals surface area contributed by atoms with E-state index in [4.69, 9.17) is 4.74 Å². The molecule has 2 aromatic carbocycles. The first-order valence-corrected chi connectivity index (χ1v) is 12.3. The summed E-state index contributed by atoms with van der Waals surface area (Å²) in [4.78, 5) is 6.82. The van der Waals surface area contributed by atoms with E-state index < -0.39 is 10.0 Å². The number of piperazine rings is 1. The van der Waals surface area contributed by atoms with Crippen LogP contribution in [0.3, 0.4) is 0 Å². The number of nitrogens with zero attached hydrogens (tertiary/aromatic N) is 3. The van der Waals surface area contributed by atoms with Crippen LogP contribution in [0.4, 0.5) is 11.4 Å². The molecule has 1 aliphatic rings. The summed E-state index contributed by atoms with van der Waals surface area (Å²) in [5, 5.41) is 0. The Morgan fingerprint density at radius 3 is 2.23 bits per heavy atom. The van der Waals surface area contributed by atoms with Gasteiger partial charge in [-0.25, -0.2) is 13.1 Å². The van der Waals surface area contributed by atoms with Crippen LogP contribution in [-0.4, -0.2) is 79.6 Å². The number of methoxy groups -OCH3 is 1. The Labute approximate surface area is 186 Å². The Bertz CT molecular complexity index is 896. The minimum atomic E-state index is -3.38. The summed E-state index contributed by atoms with van der Waals surface area (Å²) in [7, 11) is 2.16. The molecule has 1 heterocycles. The van der Waals surface area contributed by atoms with E-state index in [-0.39, 0.29) is 18.4 Å². The van der Waals surface area contributed by atoms with Gasteiger partial charge in [-0.05, 0) is 29.8 Å². The summed E-state index contributed by atoms with van der Waals surface area (Å²) in [6.45, 7) is 4.09. The molecule has 0 aliphatic carbocycles. The summed E-state index contributed by atoms with van der Waals surface area (Å²) in [6, 6.07) is 18.8. The minimum Gasteiger partial charge on any atom is -0.384 e. The molecule has 0 amide bonds. The summed E-state index contributed by atoms with van der Waals surface area (Å²) in [5.74, 6) is -0.0302. The van der Waals surface area contributed by atoms with Gasteiger partial charge in [0, 0.05) is 71.3 Å². The van der Waals surface area contributed by atoms with Crippen molar-refractivity contribution in [1.82, 2.24) is 9.62 Å². The van der Waals surface area contributed by atoms with Crippen molar-refractivity contribution in [2.24, 2.45) is 0 Å². The molecule has 170 valence electrons. The quantitative estimate of drug-likeness (QED) is 0.604. The van der Waals surface area contributed by atoms with E-state index >= 15 is 0 Å². The van der Waals surface area contributed by atoms with Gasteiger partial charge in [0.05, 0.1) is 12.4 Å². The van der Waals surface area contributed by atoms with E-state index in [9.17, 15) is 8.42 Å². The number of hydrogen-bond acceptors (Lipinski definition) is 6. The van der Waals surface area contributed by atoms with Gasteiger partial charge in [0.15, 0.2) is 0 Å². The standard InChI is InChI=1S/C23H34N4O3S/c1-25(2)21-11-9-20(10-12-21)23(19-24-31(28,29)18-17-30-3)27-15-13-26(14-16-27)22-7-5-4-6-8-22/h4-12,23-24H,13-19H2,1-3H3. The molecule has 2 aromatic rings. The number of benzene rings is 2. The first-order chi connectivity index (χ1) is 14.9. The van der Waals surface area contributed by atoms with Crippen molar-refractivity contribution in [2.75, 3.05) is 76.1 Å². The van der Waals surface area contributed by atoms with Gasteiger partial charge in [-0.2, -0.15) is 0 Å².